The second-order valence-electron chi connectivity index (χ2n) is 2.19. The van der Waals surface area contributed by atoms with Gasteiger partial charge in [-0.3, -0.25) is 4.79 Å². The van der Waals surface area contributed by atoms with Crippen LogP contribution in [0.5, 0.6) is 0 Å². The SMILES string of the molecule is C=C(F)C(=O)NC(C)CC. The topological polar surface area (TPSA) is 29.1 Å². The Hall–Kier alpha value is -0.860. The van der Waals surface area contributed by atoms with Gasteiger partial charge in [0, 0.05) is 6.04 Å². The van der Waals surface area contributed by atoms with Gasteiger partial charge in [0.15, 0.2) is 5.83 Å². The fourth-order valence-corrected chi connectivity index (χ4v) is 0.404. The fraction of sp³-hybridized carbons (Fsp3) is 0.571. The van der Waals surface area contributed by atoms with Gasteiger partial charge in [0.05, 0.1) is 0 Å². The summed E-state index contributed by atoms with van der Waals surface area (Å²) in [5.74, 6) is -1.64. The number of hydrogen-bond donors (Lipinski definition) is 1. The molecule has 0 aliphatic carbocycles. The molecule has 0 saturated heterocycles. The fourth-order valence-electron chi connectivity index (χ4n) is 0.404. The second kappa shape index (κ2) is 4.04. The Kier molecular flexibility index (Phi) is 3.69. The molecule has 0 saturated carbocycles. The summed E-state index contributed by atoms with van der Waals surface area (Å²) in [5, 5.41) is 2.42. The molecule has 0 rings (SSSR count). The standard InChI is InChI=1S/C7H12FNO/c1-4-5(2)9-7(10)6(3)8/h5H,3-4H2,1-2H3,(H,9,10). The van der Waals surface area contributed by atoms with E-state index in [1.165, 1.54) is 0 Å². The average Bonchev–Trinajstić information content (AvgIpc) is 1.87. The molecule has 0 heterocycles. The van der Waals surface area contributed by atoms with E-state index in [0.717, 1.165) is 6.42 Å². The van der Waals surface area contributed by atoms with Gasteiger partial charge >= 0.3 is 0 Å². The Morgan fingerprint density at radius 3 is 2.60 bits per heavy atom. The molecule has 0 aromatic carbocycles. The zero-order valence-corrected chi connectivity index (χ0v) is 6.28. The third-order valence-corrected chi connectivity index (χ3v) is 1.24. The minimum absolute atomic E-state index is 0.0139. The first kappa shape index (κ1) is 9.14. The van der Waals surface area contributed by atoms with Crippen molar-refractivity contribution < 1.29 is 9.18 Å². The van der Waals surface area contributed by atoms with Crippen LogP contribution in [0.3, 0.4) is 0 Å². The van der Waals surface area contributed by atoms with Crippen LogP contribution in [-0.4, -0.2) is 11.9 Å². The highest BCUT2D eigenvalue weighted by Crippen LogP contribution is 1.93. The second-order valence-corrected chi connectivity index (χ2v) is 2.19. The summed E-state index contributed by atoms with van der Waals surface area (Å²) in [6.07, 6.45) is 0.791. The maximum absolute atomic E-state index is 12.0. The molecule has 58 valence electrons. The van der Waals surface area contributed by atoms with Crippen molar-refractivity contribution in [3.8, 4) is 0 Å². The molecule has 0 bridgehead atoms. The minimum atomic E-state index is -0.930. The predicted molar refractivity (Wildman–Crippen MR) is 38.1 cm³/mol. The third kappa shape index (κ3) is 3.22. The molecule has 3 heteroatoms. The summed E-state index contributed by atoms with van der Waals surface area (Å²) >= 11 is 0. The molecular weight excluding hydrogens is 133 g/mol. The first-order valence-electron chi connectivity index (χ1n) is 3.23. The van der Waals surface area contributed by atoms with E-state index in [2.05, 4.69) is 11.9 Å². The molecule has 0 aromatic heterocycles. The average molecular weight is 145 g/mol. The molecular formula is C7H12FNO. The van der Waals surface area contributed by atoms with Crippen LogP contribution in [-0.2, 0) is 4.79 Å². The Morgan fingerprint density at radius 2 is 2.30 bits per heavy atom. The zero-order chi connectivity index (χ0) is 8.15. The van der Waals surface area contributed by atoms with E-state index in [1.54, 1.807) is 6.92 Å². The van der Waals surface area contributed by atoms with Crippen LogP contribution < -0.4 is 5.32 Å². The largest absolute Gasteiger partial charge is 0.348 e. The zero-order valence-electron chi connectivity index (χ0n) is 6.28. The highest BCUT2D eigenvalue weighted by atomic mass is 19.1. The molecule has 0 aliphatic heterocycles. The maximum atomic E-state index is 12.0. The van der Waals surface area contributed by atoms with Gasteiger partial charge in [0.2, 0.25) is 0 Å². The first-order valence-corrected chi connectivity index (χ1v) is 3.23. The Labute approximate surface area is 60.1 Å². The van der Waals surface area contributed by atoms with Gasteiger partial charge in [-0.1, -0.05) is 13.5 Å². The predicted octanol–water partition coefficient (Wildman–Crippen LogP) is 1.38. The van der Waals surface area contributed by atoms with Gasteiger partial charge in [0.1, 0.15) is 0 Å². The molecule has 0 radical (unpaired) electrons. The highest BCUT2D eigenvalue weighted by Gasteiger charge is 2.07. The number of halogens is 1. The Morgan fingerprint density at radius 1 is 1.80 bits per heavy atom. The lowest BCUT2D eigenvalue weighted by molar-refractivity contribution is -0.119. The Bertz CT molecular complexity index is 145. The van der Waals surface area contributed by atoms with Gasteiger partial charge in [0.25, 0.3) is 5.91 Å². The van der Waals surface area contributed by atoms with Gasteiger partial charge in [-0.15, -0.1) is 0 Å². The molecule has 0 aromatic rings. The van der Waals surface area contributed by atoms with E-state index >= 15 is 0 Å². The maximum Gasteiger partial charge on any atom is 0.279 e. The van der Waals surface area contributed by atoms with Crippen molar-refractivity contribution in [1.29, 1.82) is 0 Å². The third-order valence-electron chi connectivity index (χ3n) is 1.24. The number of nitrogens with one attached hydrogen (secondary N) is 1. The van der Waals surface area contributed by atoms with E-state index in [9.17, 15) is 9.18 Å². The van der Waals surface area contributed by atoms with E-state index < -0.39 is 11.7 Å². The van der Waals surface area contributed by atoms with E-state index in [4.69, 9.17) is 0 Å². The van der Waals surface area contributed by atoms with Crippen molar-refractivity contribution in [2.45, 2.75) is 26.3 Å². The quantitative estimate of drug-likeness (QED) is 0.597. The van der Waals surface area contributed by atoms with Crippen molar-refractivity contribution >= 4 is 5.91 Å². The first-order chi connectivity index (χ1) is 4.57. The molecule has 0 fully saturated rings. The highest BCUT2D eigenvalue weighted by molar-refractivity contribution is 5.90. The number of amides is 1. The molecule has 0 aliphatic rings. The summed E-state index contributed by atoms with van der Waals surface area (Å²) in [6, 6.07) is 0.0139. The molecule has 0 spiro atoms. The minimum Gasteiger partial charge on any atom is -0.348 e. The van der Waals surface area contributed by atoms with Gasteiger partial charge in [-0.25, -0.2) is 4.39 Å². The molecule has 1 atom stereocenters. The number of hydrogen-bond acceptors (Lipinski definition) is 1. The smallest absolute Gasteiger partial charge is 0.279 e. The van der Waals surface area contributed by atoms with Gasteiger partial charge in [-0.2, -0.15) is 0 Å². The van der Waals surface area contributed by atoms with E-state index in [0.29, 0.717) is 0 Å². The summed E-state index contributed by atoms with van der Waals surface area (Å²) in [6.45, 7) is 6.58. The lowest BCUT2D eigenvalue weighted by Gasteiger charge is -2.08. The van der Waals surface area contributed by atoms with Crippen molar-refractivity contribution in [3.05, 3.63) is 12.4 Å². The number of carbonyl (C=O) groups excluding carboxylic acids is 1. The van der Waals surface area contributed by atoms with Crippen LogP contribution in [0, 0.1) is 0 Å². The molecule has 1 N–H and O–H groups in total. The molecule has 1 unspecified atom stereocenters. The van der Waals surface area contributed by atoms with E-state index in [-0.39, 0.29) is 6.04 Å². The van der Waals surface area contributed by atoms with Crippen LogP contribution >= 0.6 is 0 Å². The Balaban J connectivity index is 3.68. The van der Waals surface area contributed by atoms with Crippen molar-refractivity contribution in [1.82, 2.24) is 5.32 Å². The van der Waals surface area contributed by atoms with Crippen molar-refractivity contribution in [3.63, 3.8) is 0 Å². The van der Waals surface area contributed by atoms with Crippen LogP contribution in [0.2, 0.25) is 0 Å². The summed E-state index contributed by atoms with van der Waals surface area (Å²) in [5.41, 5.74) is 0. The molecule has 10 heavy (non-hydrogen) atoms. The monoisotopic (exact) mass is 145 g/mol. The van der Waals surface area contributed by atoms with Crippen LogP contribution in [0.15, 0.2) is 12.4 Å². The van der Waals surface area contributed by atoms with Crippen molar-refractivity contribution in [2.75, 3.05) is 0 Å². The van der Waals surface area contributed by atoms with Crippen molar-refractivity contribution in [2.24, 2.45) is 0 Å². The normalized spacial score (nSPS) is 12.3. The molecule has 2 nitrogen and oxygen atoms in total. The van der Waals surface area contributed by atoms with Gasteiger partial charge < -0.3 is 5.32 Å². The van der Waals surface area contributed by atoms with Gasteiger partial charge in [-0.05, 0) is 13.3 Å². The van der Waals surface area contributed by atoms with Crippen LogP contribution in [0.4, 0.5) is 4.39 Å². The lowest BCUT2D eigenvalue weighted by Crippen LogP contribution is -2.31. The number of carbonyl (C=O) groups is 1. The summed E-state index contributed by atoms with van der Waals surface area (Å²) < 4.78 is 12.0. The summed E-state index contributed by atoms with van der Waals surface area (Å²) in [7, 11) is 0. The van der Waals surface area contributed by atoms with Crippen LogP contribution in [0.1, 0.15) is 20.3 Å². The lowest BCUT2D eigenvalue weighted by atomic mass is 10.2. The van der Waals surface area contributed by atoms with Crippen LogP contribution in [0.25, 0.3) is 0 Å². The number of rotatable bonds is 3. The van der Waals surface area contributed by atoms with E-state index in [1.807, 2.05) is 6.92 Å². The summed E-state index contributed by atoms with van der Waals surface area (Å²) in [4.78, 5) is 10.5. The molecule has 1 amide bonds.